The molecule has 0 aliphatic carbocycles. The first-order chi connectivity index (χ1) is 13.9. The van der Waals surface area contributed by atoms with Crippen molar-refractivity contribution in [2.45, 2.75) is 101 Å². The minimum Gasteiger partial charge on any atom is -0.230 e. The van der Waals surface area contributed by atoms with Gasteiger partial charge in [-0.3, -0.25) is 0 Å². The number of allylic oxidation sites excluding steroid dienone is 2. The Labute approximate surface area is 181 Å². The number of rotatable bonds is 17. The summed E-state index contributed by atoms with van der Waals surface area (Å²) in [7, 11) is 0. The Morgan fingerprint density at radius 3 is 2.07 bits per heavy atom. The highest BCUT2D eigenvalue weighted by Crippen LogP contribution is 2.29. The second-order valence-corrected chi connectivity index (χ2v) is 10.1. The fourth-order valence-corrected chi connectivity index (χ4v) is 5.56. The third kappa shape index (κ3) is 10.7. The number of aromatic nitrogens is 1. The standard InChI is InChI=1S/C25H39NS2/c1-2-3-4-5-6-7-8-9-10-11-12-13-14-15-16-19-22-27-25-26-23-20-17-18-21-24(23)28-25/h9-10,17-18,20-21H,2-8,11-16,19,22H2,1H3. The first kappa shape index (κ1) is 23.5. The van der Waals surface area contributed by atoms with Gasteiger partial charge in [-0.2, -0.15) is 0 Å². The van der Waals surface area contributed by atoms with Gasteiger partial charge in [-0.05, 0) is 44.2 Å². The van der Waals surface area contributed by atoms with E-state index in [1.54, 1.807) is 0 Å². The third-order valence-corrected chi connectivity index (χ3v) is 7.42. The van der Waals surface area contributed by atoms with E-state index in [-0.39, 0.29) is 0 Å². The molecule has 1 aromatic carbocycles. The minimum atomic E-state index is 1.15. The Morgan fingerprint density at radius 1 is 0.786 bits per heavy atom. The highest BCUT2D eigenvalue weighted by Gasteiger charge is 2.03. The number of unbranched alkanes of at least 4 members (excludes halogenated alkanes) is 12. The van der Waals surface area contributed by atoms with Crippen LogP contribution in [0.4, 0.5) is 0 Å². The number of hydrogen-bond acceptors (Lipinski definition) is 3. The summed E-state index contributed by atoms with van der Waals surface area (Å²) in [5.74, 6) is 1.21. The molecule has 0 spiro atoms. The molecule has 0 N–H and O–H groups in total. The molecule has 0 aliphatic heterocycles. The molecule has 0 amide bonds. The molecule has 0 unspecified atom stereocenters. The molecule has 1 nitrogen and oxygen atoms in total. The van der Waals surface area contributed by atoms with Crippen LogP contribution in [0.5, 0.6) is 0 Å². The van der Waals surface area contributed by atoms with Crippen LogP contribution in [0.25, 0.3) is 10.2 Å². The van der Waals surface area contributed by atoms with Crippen molar-refractivity contribution in [3.8, 4) is 0 Å². The van der Waals surface area contributed by atoms with E-state index in [2.05, 4.69) is 43.3 Å². The molecule has 0 aliphatic rings. The summed E-state index contributed by atoms with van der Waals surface area (Å²) in [6, 6.07) is 8.45. The lowest BCUT2D eigenvalue weighted by molar-refractivity contribution is 0.607. The molecule has 0 fully saturated rings. The van der Waals surface area contributed by atoms with Gasteiger partial charge < -0.3 is 0 Å². The van der Waals surface area contributed by atoms with E-state index < -0.39 is 0 Å². The quantitative estimate of drug-likeness (QED) is 0.144. The molecule has 0 radical (unpaired) electrons. The summed E-state index contributed by atoms with van der Waals surface area (Å²) in [4.78, 5) is 4.70. The van der Waals surface area contributed by atoms with Crippen LogP contribution in [0.2, 0.25) is 0 Å². The number of fused-ring (bicyclic) bond motifs is 1. The Balaban J connectivity index is 1.34. The van der Waals surface area contributed by atoms with E-state index in [0.717, 1.165) is 5.52 Å². The summed E-state index contributed by atoms with van der Waals surface area (Å²) in [5, 5.41) is 0. The van der Waals surface area contributed by atoms with Crippen molar-refractivity contribution in [3.63, 3.8) is 0 Å². The predicted molar refractivity (Wildman–Crippen MR) is 130 cm³/mol. The largest absolute Gasteiger partial charge is 0.230 e. The van der Waals surface area contributed by atoms with Gasteiger partial charge in [0.2, 0.25) is 0 Å². The molecule has 3 heteroatoms. The zero-order chi connectivity index (χ0) is 19.7. The van der Waals surface area contributed by atoms with Crippen LogP contribution in [0, 0.1) is 0 Å². The molecular weight excluding hydrogens is 378 g/mol. The average Bonchev–Trinajstić information content (AvgIpc) is 3.13. The van der Waals surface area contributed by atoms with Crippen molar-refractivity contribution in [1.82, 2.24) is 4.98 Å². The fourth-order valence-electron chi connectivity index (χ4n) is 3.42. The van der Waals surface area contributed by atoms with Crippen LogP contribution >= 0.6 is 23.1 Å². The summed E-state index contributed by atoms with van der Waals surface area (Å²) in [6.45, 7) is 2.29. The fraction of sp³-hybridized carbons (Fsp3) is 0.640. The number of thiazole rings is 1. The Bertz CT molecular complexity index is 614. The van der Waals surface area contributed by atoms with E-state index in [1.807, 2.05) is 23.1 Å². The molecule has 0 bridgehead atoms. The number of para-hydroxylation sites is 1. The van der Waals surface area contributed by atoms with Gasteiger partial charge in [-0.15, -0.1) is 11.3 Å². The predicted octanol–water partition coefficient (Wildman–Crippen LogP) is 9.43. The number of thioether (sulfide) groups is 1. The lowest BCUT2D eigenvalue weighted by Crippen LogP contribution is -1.83. The van der Waals surface area contributed by atoms with Crippen molar-refractivity contribution in [3.05, 3.63) is 36.4 Å². The first-order valence-corrected chi connectivity index (χ1v) is 13.3. The first-order valence-electron chi connectivity index (χ1n) is 11.5. The Morgan fingerprint density at radius 2 is 1.39 bits per heavy atom. The van der Waals surface area contributed by atoms with Crippen molar-refractivity contribution in [2.75, 3.05) is 5.75 Å². The van der Waals surface area contributed by atoms with Crippen LogP contribution in [0.15, 0.2) is 40.8 Å². The number of nitrogens with zero attached hydrogens (tertiary/aromatic N) is 1. The van der Waals surface area contributed by atoms with Crippen LogP contribution in [0.1, 0.15) is 96.8 Å². The zero-order valence-electron chi connectivity index (χ0n) is 17.8. The SMILES string of the molecule is CCCCCCCCC=CCCCCCCCCSc1nc2ccccc2s1. The maximum atomic E-state index is 4.70. The van der Waals surface area contributed by atoms with Gasteiger partial charge in [0.25, 0.3) is 0 Å². The minimum absolute atomic E-state index is 1.15. The van der Waals surface area contributed by atoms with Crippen LogP contribution in [-0.2, 0) is 0 Å². The molecule has 0 atom stereocenters. The molecule has 1 heterocycles. The van der Waals surface area contributed by atoms with Gasteiger partial charge in [0, 0.05) is 5.75 Å². The zero-order valence-corrected chi connectivity index (χ0v) is 19.5. The lowest BCUT2D eigenvalue weighted by Gasteiger charge is -2.00. The second-order valence-electron chi connectivity index (χ2n) is 7.73. The van der Waals surface area contributed by atoms with Crippen LogP contribution in [-0.4, -0.2) is 10.7 Å². The molecule has 28 heavy (non-hydrogen) atoms. The monoisotopic (exact) mass is 417 g/mol. The van der Waals surface area contributed by atoms with Gasteiger partial charge in [0.1, 0.15) is 0 Å². The van der Waals surface area contributed by atoms with Gasteiger partial charge >= 0.3 is 0 Å². The number of hydrogen-bond donors (Lipinski definition) is 0. The maximum Gasteiger partial charge on any atom is 0.151 e. The smallest absolute Gasteiger partial charge is 0.151 e. The van der Waals surface area contributed by atoms with Gasteiger partial charge in [-0.25, -0.2) is 4.98 Å². The van der Waals surface area contributed by atoms with E-state index in [9.17, 15) is 0 Å². The van der Waals surface area contributed by atoms with Crippen molar-refractivity contribution >= 4 is 33.3 Å². The summed E-state index contributed by atoms with van der Waals surface area (Å²) in [6.07, 6.45) is 24.1. The van der Waals surface area contributed by atoms with Crippen molar-refractivity contribution in [2.24, 2.45) is 0 Å². The van der Waals surface area contributed by atoms with Gasteiger partial charge in [-0.1, -0.05) is 101 Å². The highest BCUT2D eigenvalue weighted by atomic mass is 32.2. The van der Waals surface area contributed by atoms with Crippen LogP contribution < -0.4 is 0 Å². The van der Waals surface area contributed by atoms with Crippen LogP contribution in [0.3, 0.4) is 0 Å². The topological polar surface area (TPSA) is 12.9 Å². The van der Waals surface area contributed by atoms with E-state index >= 15 is 0 Å². The molecule has 0 saturated heterocycles. The van der Waals surface area contributed by atoms with Gasteiger partial charge in [0.15, 0.2) is 4.34 Å². The Hall–Kier alpha value is -0.800. The summed E-state index contributed by atoms with van der Waals surface area (Å²) < 4.78 is 2.54. The van der Waals surface area contributed by atoms with E-state index in [1.165, 1.54) is 105 Å². The molecule has 0 saturated carbocycles. The Kier molecular flexibility index (Phi) is 13.5. The second kappa shape index (κ2) is 16.0. The third-order valence-electron chi connectivity index (χ3n) is 5.16. The molecular formula is C25H39NS2. The van der Waals surface area contributed by atoms with Gasteiger partial charge in [0.05, 0.1) is 10.2 Å². The normalized spacial score (nSPS) is 11.8. The van der Waals surface area contributed by atoms with Crippen molar-refractivity contribution < 1.29 is 0 Å². The molecule has 2 aromatic rings. The summed E-state index contributed by atoms with van der Waals surface area (Å²) in [5.41, 5.74) is 1.15. The molecule has 2 rings (SSSR count). The lowest BCUT2D eigenvalue weighted by atomic mass is 10.1. The highest BCUT2D eigenvalue weighted by molar-refractivity contribution is 8.01. The molecule has 156 valence electrons. The van der Waals surface area contributed by atoms with E-state index in [4.69, 9.17) is 4.98 Å². The number of benzene rings is 1. The van der Waals surface area contributed by atoms with Crippen molar-refractivity contribution in [1.29, 1.82) is 0 Å². The molecule has 1 aromatic heterocycles. The average molecular weight is 418 g/mol. The maximum absolute atomic E-state index is 4.70. The van der Waals surface area contributed by atoms with E-state index in [0.29, 0.717) is 0 Å². The summed E-state index contributed by atoms with van der Waals surface area (Å²) >= 11 is 3.76.